The number of halogens is 1. The molecule has 206 valence electrons. The Kier molecular flexibility index (Phi) is 6.12. The number of likely N-dealkylation sites (tertiary alicyclic amines) is 2. The molecule has 7 rings (SSSR count). The maximum Gasteiger partial charge on any atom is 0.407 e. The number of carboxylic acid groups (broad SMARTS) is 1. The van der Waals surface area contributed by atoms with E-state index < -0.39 is 6.09 Å². The van der Waals surface area contributed by atoms with E-state index in [9.17, 15) is 14.3 Å². The number of nitrogen functional groups attached to an aromatic ring is 1. The van der Waals surface area contributed by atoms with Crippen molar-refractivity contribution in [2.45, 2.75) is 6.54 Å². The molecule has 0 saturated carbocycles. The maximum absolute atomic E-state index is 13.6. The number of pyridine rings is 2. The molecule has 10 heteroatoms. The van der Waals surface area contributed by atoms with Gasteiger partial charge in [-0.05, 0) is 78.1 Å². The third kappa shape index (κ3) is 4.66. The van der Waals surface area contributed by atoms with E-state index in [2.05, 4.69) is 34.1 Å². The van der Waals surface area contributed by atoms with E-state index in [1.807, 2.05) is 28.8 Å². The summed E-state index contributed by atoms with van der Waals surface area (Å²) in [6.07, 6.45) is 0.831. The highest BCUT2D eigenvalue weighted by Gasteiger charge is 2.41. The monoisotopic (exact) mass is 549 g/mol. The van der Waals surface area contributed by atoms with Gasteiger partial charge in [-0.2, -0.15) is 0 Å². The van der Waals surface area contributed by atoms with Crippen molar-refractivity contribution < 1.29 is 14.3 Å². The third-order valence-corrected chi connectivity index (χ3v) is 8.16. The molecular weight excluding hydrogens is 521 g/mol. The second kappa shape index (κ2) is 9.97. The molecule has 3 N–H and O–H groups in total. The fraction of sp³-hybridized carbons (Fsp3) is 0.226. The van der Waals surface area contributed by atoms with E-state index in [4.69, 9.17) is 15.7 Å². The van der Waals surface area contributed by atoms with Gasteiger partial charge in [0.25, 0.3) is 0 Å². The number of imidazole rings is 1. The zero-order valence-corrected chi connectivity index (χ0v) is 22.2. The lowest BCUT2D eigenvalue weighted by Gasteiger charge is -2.20. The van der Waals surface area contributed by atoms with Crippen molar-refractivity contribution in [3.8, 4) is 28.3 Å². The number of rotatable bonds is 5. The van der Waals surface area contributed by atoms with E-state index in [0.29, 0.717) is 59.0 Å². The van der Waals surface area contributed by atoms with E-state index >= 15 is 0 Å². The Bertz CT molecular complexity index is 1740. The average molecular weight is 550 g/mol. The second-order valence-corrected chi connectivity index (χ2v) is 10.8. The lowest BCUT2D eigenvalue weighted by atomic mass is 10.0. The number of hydrogen-bond acceptors (Lipinski definition) is 6. The molecule has 2 fully saturated rings. The predicted octanol–water partition coefficient (Wildman–Crippen LogP) is 4.91. The van der Waals surface area contributed by atoms with Crippen molar-refractivity contribution in [3.63, 3.8) is 0 Å². The zero-order valence-electron chi connectivity index (χ0n) is 22.2. The van der Waals surface area contributed by atoms with Gasteiger partial charge in [-0.1, -0.05) is 12.1 Å². The van der Waals surface area contributed by atoms with Crippen molar-refractivity contribution in [3.05, 3.63) is 90.4 Å². The Morgan fingerprint density at radius 3 is 2.34 bits per heavy atom. The molecule has 5 aromatic rings. The van der Waals surface area contributed by atoms with Crippen LogP contribution in [-0.4, -0.2) is 66.7 Å². The van der Waals surface area contributed by atoms with Gasteiger partial charge in [-0.3, -0.25) is 9.47 Å². The van der Waals surface area contributed by atoms with Crippen LogP contribution >= 0.6 is 0 Å². The Morgan fingerprint density at radius 1 is 0.927 bits per heavy atom. The molecule has 2 aliphatic heterocycles. The summed E-state index contributed by atoms with van der Waals surface area (Å²) in [5, 5.41) is 9.31. The minimum atomic E-state index is -0.819. The van der Waals surface area contributed by atoms with Crippen molar-refractivity contribution in [1.82, 2.24) is 29.3 Å². The second-order valence-electron chi connectivity index (χ2n) is 10.8. The molecule has 2 saturated heterocycles. The molecule has 1 amide bonds. The zero-order chi connectivity index (χ0) is 28.1. The van der Waals surface area contributed by atoms with Crippen LogP contribution in [0, 0.1) is 17.7 Å². The number of anilines is 1. The summed E-state index contributed by atoms with van der Waals surface area (Å²) in [7, 11) is 0. The van der Waals surface area contributed by atoms with Gasteiger partial charge in [0.2, 0.25) is 0 Å². The maximum atomic E-state index is 13.6. The van der Waals surface area contributed by atoms with Crippen LogP contribution in [0.1, 0.15) is 5.56 Å². The van der Waals surface area contributed by atoms with E-state index in [1.54, 1.807) is 23.2 Å². The van der Waals surface area contributed by atoms with Crippen LogP contribution in [0.2, 0.25) is 0 Å². The van der Waals surface area contributed by atoms with Gasteiger partial charge < -0.3 is 15.7 Å². The molecule has 41 heavy (non-hydrogen) atoms. The van der Waals surface area contributed by atoms with Crippen molar-refractivity contribution in [2.75, 3.05) is 31.9 Å². The fourth-order valence-corrected chi connectivity index (χ4v) is 6.15. The number of hydrogen-bond donors (Lipinski definition) is 2. The highest BCUT2D eigenvalue weighted by atomic mass is 19.1. The Balaban J connectivity index is 1.22. The first-order valence-corrected chi connectivity index (χ1v) is 13.6. The van der Waals surface area contributed by atoms with Gasteiger partial charge in [-0.25, -0.2) is 24.1 Å². The standard InChI is InChI=1S/C31H28FN7O2/c32-23-7-5-20(6-8-23)26-11-12-27-30(35-26)39(29(36-27)25-2-1-13-34-28(25)33)24-9-3-19(4-10-24)14-37-15-21-17-38(31(40)41)18-22(21)16-37/h1-13,21-22H,14-18H2,(H2,33,34)(H,40,41)/t21-,22-/m0/s1. The topological polar surface area (TPSA) is 113 Å². The first kappa shape index (κ1) is 25.2. The summed E-state index contributed by atoms with van der Waals surface area (Å²) in [6, 6.07) is 22.1. The molecule has 3 aromatic heterocycles. The van der Waals surface area contributed by atoms with E-state index in [-0.39, 0.29) is 5.82 Å². The summed E-state index contributed by atoms with van der Waals surface area (Å²) in [5.74, 6) is 1.51. The van der Waals surface area contributed by atoms with Gasteiger partial charge in [0.1, 0.15) is 17.2 Å². The Hall–Kier alpha value is -4.83. The van der Waals surface area contributed by atoms with Gasteiger partial charge in [0, 0.05) is 50.2 Å². The van der Waals surface area contributed by atoms with Gasteiger partial charge in [-0.15, -0.1) is 0 Å². The lowest BCUT2D eigenvalue weighted by molar-refractivity contribution is 0.148. The van der Waals surface area contributed by atoms with Crippen LogP contribution in [0.15, 0.2) is 79.0 Å². The Labute approximate surface area is 235 Å². The Morgan fingerprint density at radius 2 is 1.66 bits per heavy atom. The highest BCUT2D eigenvalue weighted by Crippen LogP contribution is 2.34. The first-order valence-electron chi connectivity index (χ1n) is 13.6. The summed E-state index contributed by atoms with van der Waals surface area (Å²) < 4.78 is 15.5. The number of benzene rings is 2. The smallest absolute Gasteiger partial charge is 0.407 e. The average Bonchev–Trinajstić information content (AvgIpc) is 3.65. The molecular formula is C31H28FN7O2. The normalized spacial score (nSPS) is 18.7. The molecule has 9 nitrogen and oxygen atoms in total. The third-order valence-electron chi connectivity index (χ3n) is 8.16. The first-order chi connectivity index (χ1) is 19.9. The molecule has 2 aromatic carbocycles. The van der Waals surface area contributed by atoms with Gasteiger partial charge in [0.15, 0.2) is 11.5 Å². The van der Waals surface area contributed by atoms with Crippen LogP contribution < -0.4 is 5.73 Å². The molecule has 0 unspecified atom stereocenters. The lowest BCUT2D eigenvalue weighted by Crippen LogP contribution is -2.31. The molecule has 2 atom stereocenters. The van der Waals surface area contributed by atoms with Gasteiger partial charge >= 0.3 is 6.09 Å². The number of carbonyl (C=O) groups is 1. The number of nitrogens with zero attached hydrogens (tertiary/aromatic N) is 6. The molecule has 0 bridgehead atoms. The van der Waals surface area contributed by atoms with Crippen LogP contribution in [0.25, 0.3) is 39.5 Å². The summed E-state index contributed by atoms with van der Waals surface area (Å²) in [6.45, 7) is 3.86. The van der Waals surface area contributed by atoms with Gasteiger partial charge in [0.05, 0.1) is 11.3 Å². The number of amides is 1. The largest absolute Gasteiger partial charge is 0.465 e. The molecule has 5 heterocycles. The molecule has 2 aliphatic rings. The fourth-order valence-electron chi connectivity index (χ4n) is 6.15. The molecule has 0 aliphatic carbocycles. The van der Waals surface area contributed by atoms with Crippen LogP contribution in [0.4, 0.5) is 15.0 Å². The summed E-state index contributed by atoms with van der Waals surface area (Å²) >= 11 is 0. The number of aromatic nitrogens is 4. The number of fused-ring (bicyclic) bond motifs is 2. The highest BCUT2D eigenvalue weighted by molar-refractivity contribution is 5.84. The van der Waals surface area contributed by atoms with Crippen molar-refractivity contribution in [2.24, 2.45) is 11.8 Å². The van der Waals surface area contributed by atoms with Crippen LogP contribution in [0.3, 0.4) is 0 Å². The minimum absolute atomic E-state index is 0.298. The van der Waals surface area contributed by atoms with Crippen molar-refractivity contribution in [1.29, 1.82) is 0 Å². The van der Waals surface area contributed by atoms with Crippen LogP contribution in [-0.2, 0) is 6.54 Å². The summed E-state index contributed by atoms with van der Waals surface area (Å²) in [4.78, 5) is 29.4. The SMILES string of the molecule is Nc1ncccc1-c1nc2ccc(-c3ccc(F)cc3)nc2n1-c1ccc(CN2C[C@H]3CN(C(=O)O)C[C@@H]3C2)cc1. The molecule has 0 radical (unpaired) electrons. The number of nitrogens with two attached hydrogens (primary N) is 1. The predicted molar refractivity (Wildman–Crippen MR) is 154 cm³/mol. The van der Waals surface area contributed by atoms with E-state index in [1.165, 1.54) is 17.7 Å². The minimum Gasteiger partial charge on any atom is -0.465 e. The summed E-state index contributed by atoms with van der Waals surface area (Å²) in [5.41, 5.74) is 11.9. The van der Waals surface area contributed by atoms with Crippen molar-refractivity contribution >= 4 is 23.1 Å². The van der Waals surface area contributed by atoms with E-state index in [0.717, 1.165) is 30.9 Å². The quantitative estimate of drug-likeness (QED) is 0.320. The van der Waals surface area contributed by atoms with Crippen LogP contribution in [0.5, 0.6) is 0 Å². The molecule has 0 spiro atoms.